The fourth-order valence-electron chi connectivity index (χ4n) is 1.68. The second kappa shape index (κ2) is 4.59. The van der Waals surface area contributed by atoms with Crippen LogP contribution in [0.3, 0.4) is 0 Å². The van der Waals surface area contributed by atoms with Crippen LogP contribution in [0.2, 0.25) is 0 Å². The van der Waals surface area contributed by atoms with E-state index in [0.29, 0.717) is 6.54 Å². The van der Waals surface area contributed by atoms with Crippen LogP contribution in [0.1, 0.15) is 18.2 Å². The second-order valence-corrected chi connectivity index (χ2v) is 4.40. The van der Waals surface area contributed by atoms with E-state index < -0.39 is 0 Å². The molecule has 2 N–H and O–H groups in total. The number of nitrogens with zero attached hydrogens (tertiary/aromatic N) is 2. The second-order valence-electron chi connectivity index (χ2n) is 3.40. The molecular weight excluding hydrogens is 206 g/mol. The summed E-state index contributed by atoms with van der Waals surface area (Å²) < 4.78 is 2.04. The van der Waals surface area contributed by atoms with E-state index in [-0.39, 0.29) is 0 Å². The van der Waals surface area contributed by atoms with Crippen molar-refractivity contribution in [2.24, 2.45) is 5.73 Å². The maximum Gasteiger partial charge on any atom is 0.0693 e. The molecule has 15 heavy (non-hydrogen) atoms. The third-order valence-corrected chi connectivity index (χ3v) is 3.30. The monoisotopic (exact) mass is 221 g/mol. The first-order valence-corrected chi connectivity index (χ1v) is 6.03. The minimum atomic E-state index is 0.601. The molecule has 0 saturated heterocycles. The van der Waals surface area contributed by atoms with Crippen molar-refractivity contribution in [1.82, 2.24) is 9.78 Å². The van der Waals surface area contributed by atoms with Gasteiger partial charge in [0.05, 0.1) is 5.69 Å². The van der Waals surface area contributed by atoms with Gasteiger partial charge in [-0.05, 0) is 23.9 Å². The lowest BCUT2D eigenvalue weighted by atomic mass is 10.2. The van der Waals surface area contributed by atoms with Crippen LogP contribution < -0.4 is 5.73 Å². The molecule has 0 atom stereocenters. The zero-order valence-electron chi connectivity index (χ0n) is 8.81. The Morgan fingerprint density at radius 2 is 2.33 bits per heavy atom. The molecule has 2 aromatic rings. The number of nitrogens with two attached hydrogens (primary N) is 1. The molecule has 0 saturated carbocycles. The maximum absolute atomic E-state index is 5.71. The minimum Gasteiger partial charge on any atom is -0.326 e. The summed E-state index contributed by atoms with van der Waals surface area (Å²) >= 11 is 1.71. The van der Waals surface area contributed by atoms with E-state index >= 15 is 0 Å². The molecule has 0 aliphatic rings. The molecule has 0 aliphatic carbocycles. The van der Waals surface area contributed by atoms with Crippen LogP contribution in [0.15, 0.2) is 23.7 Å². The number of hydrogen-bond acceptors (Lipinski definition) is 3. The summed E-state index contributed by atoms with van der Waals surface area (Å²) in [7, 11) is 0. The van der Waals surface area contributed by atoms with Crippen LogP contribution in [0.4, 0.5) is 0 Å². The molecule has 0 unspecified atom stereocenters. The molecule has 0 spiro atoms. The van der Waals surface area contributed by atoms with E-state index in [2.05, 4.69) is 29.5 Å². The Bertz CT molecular complexity index is 430. The highest BCUT2D eigenvalue weighted by Gasteiger charge is 2.09. The molecule has 2 rings (SSSR count). The van der Waals surface area contributed by atoms with Crippen LogP contribution in [0.25, 0.3) is 11.3 Å². The van der Waals surface area contributed by atoms with Crippen LogP contribution in [0, 0.1) is 0 Å². The average molecular weight is 221 g/mol. The van der Waals surface area contributed by atoms with Crippen molar-refractivity contribution in [2.45, 2.75) is 26.4 Å². The molecule has 0 bridgehead atoms. The molecule has 0 aliphatic heterocycles. The molecule has 2 aromatic heterocycles. The highest BCUT2D eigenvalue weighted by molar-refractivity contribution is 7.10. The van der Waals surface area contributed by atoms with Crippen LogP contribution in [-0.4, -0.2) is 9.78 Å². The number of thiophene rings is 1. The van der Waals surface area contributed by atoms with E-state index in [9.17, 15) is 0 Å². The van der Waals surface area contributed by atoms with Gasteiger partial charge in [0.2, 0.25) is 0 Å². The van der Waals surface area contributed by atoms with Crippen molar-refractivity contribution in [3.05, 3.63) is 28.6 Å². The number of rotatable bonds is 4. The highest BCUT2D eigenvalue weighted by atomic mass is 32.1. The molecule has 3 nitrogen and oxygen atoms in total. The Hall–Kier alpha value is -1.13. The molecule has 0 amide bonds. The van der Waals surface area contributed by atoms with Crippen molar-refractivity contribution >= 4 is 11.3 Å². The first-order chi connectivity index (χ1) is 7.36. The molecule has 0 aromatic carbocycles. The van der Waals surface area contributed by atoms with Gasteiger partial charge in [0.1, 0.15) is 0 Å². The fourth-order valence-corrected chi connectivity index (χ4v) is 2.44. The van der Waals surface area contributed by atoms with Gasteiger partial charge >= 0.3 is 0 Å². The minimum absolute atomic E-state index is 0.601. The molecular formula is C11H15N3S. The van der Waals surface area contributed by atoms with E-state index in [1.165, 1.54) is 16.1 Å². The summed E-state index contributed by atoms with van der Waals surface area (Å²) in [6, 6.07) is 4.17. The van der Waals surface area contributed by atoms with Gasteiger partial charge in [0.15, 0.2) is 0 Å². The third kappa shape index (κ3) is 1.96. The lowest BCUT2D eigenvalue weighted by Crippen LogP contribution is -2.02. The van der Waals surface area contributed by atoms with Crippen LogP contribution >= 0.6 is 11.3 Å². The number of hydrogen-bond donors (Lipinski definition) is 1. The number of aromatic nitrogens is 2. The largest absolute Gasteiger partial charge is 0.326 e. The lowest BCUT2D eigenvalue weighted by Gasteiger charge is -2.06. The van der Waals surface area contributed by atoms with Gasteiger partial charge in [-0.25, -0.2) is 0 Å². The first-order valence-electron chi connectivity index (χ1n) is 5.15. The molecule has 80 valence electrons. The smallest absolute Gasteiger partial charge is 0.0693 e. The van der Waals surface area contributed by atoms with E-state index in [1.54, 1.807) is 11.3 Å². The summed E-state index contributed by atoms with van der Waals surface area (Å²) in [5.41, 5.74) is 8.12. The van der Waals surface area contributed by atoms with Gasteiger partial charge in [-0.3, -0.25) is 4.68 Å². The normalized spacial score (nSPS) is 10.8. The molecule has 0 radical (unpaired) electrons. The van der Waals surface area contributed by atoms with Crippen LogP contribution in [0.5, 0.6) is 0 Å². The van der Waals surface area contributed by atoms with Gasteiger partial charge in [0, 0.05) is 29.7 Å². The number of aryl methyl sites for hydroxylation is 1. The van der Waals surface area contributed by atoms with Gasteiger partial charge in [-0.15, -0.1) is 11.3 Å². The third-order valence-electron chi connectivity index (χ3n) is 2.36. The van der Waals surface area contributed by atoms with Crippen molar-refractivity contribution < 1.29 is 0 Å². The maximum atomic E-state index is 5.71. The summed E-state index contributed by atoms with van der Waals surface area (Å²) in [6.45, 7) is 3.72. The van der Waals surface area contributed by atoms with Gasteiger partial charge in [0.25, 0.3) is 0 Å². The van der Waals surface area contributed by atoms with E-state index in [0.717, 1.165) is 13.0 Å². The van der Waals surface area contributed by atoms with E-state index in [4.69, 9.17) is 5.73 Å². The Morgan fingerprint density at radius 1 is 1.47 bits per heavy atom. The molecule has 2 heterocycles. The molecule has 4 heteroatoms. The van der Waals surface area contributed by atoms with Gasteiger partial charge in [-0.2, -0.15) is 5.10 Å². The van der Waals surface area contributed by atoms with Gasteiger partial charge < -0.3 is 5.73 Å². The Morgan fingerprint density at radius 3 is 3.07 bits per heavy atom. The standard InChI is InChI=1S/C11H15N3S/c1-2-6-14-10(3-5-13-14)9-4-7-15-11(9)8-12/h3-5,7H,2,6,8,12H2,1H3. The quantitative estimate of drug-likeness (QED) is 0.862. The fraction of sp³-hybridized carbons (Fsp3) is 0.364. The van der Waals surface area contributed by atoms with Crippen molar-refractivity contribution in [3.8, 4) is 11.3 Å². The summed E-state index contributed by atoms with van der Waals surface area (Å²) in [4.78, 5) is 1.23. The first kappa shape index (κ1) is 10.4. The predicted molar refractivity (Wildman–Crippen MR) is 63.7 cm³/mol. The Kier molecular flexibility index (Phi) is 3.18. The average Bonchev–Trinajstić information content (AvgIpc) is 2.84. The van der Waals surface area contributed by atoms with Crippen LogP contribution in [-0.2, 0) is 13.1 Å². The zero-order valence-corrected chi connectivity index (χ0v) is 9.63. The SMILES string of the molecule is CCCn1nccc1-c1ccsc1CN. The highest BCUT2D eigenvalue weighted by Crippen LogP contribution is 2.27. The van der Waals surface area contributed by atoms with Crippen molar-refractivity contribution in [2.75, 3.05) is 0 Å². The predicted octanol–water partition coefficient (Wildman–Crippen LogP) is 2.48. The van der Waals surface area contributed by atoms with Crippen molar-refractivity contribution in [1.29, 1.82) is 0 Å². The topological polar surface area (TPSA) is 43.8 Å². The summed E-state index contributed by atoms with van der Waals surface area (Å²) in [6.07, 6.45) is 2.94. The Balaban J connectivity index is 2.40. The lowest BCUT2D eigenvalue weighted by molar-refractivity contribution is 0.609. The van der Waals surface area contributed by atoms with Gasteiger partial charge in [-0.1, -0.05) is 6.92 Å². The Labute approximate surface area is 93.5 Å². The molecule has 0 fully saturated rings. The summed E-state index contributed by atoms with van der Waals surface area (Å²) in [5.74, 6) is 0. The summed E-state index contributed by atoms with van der Waals surface area (Å²) in [5, 5.41) is 6.40. The van der Waals surface area contributed by atoms with Crippen molar-refractivity contribution in [3.63, 3.8) is 0 Å². The van der Waals surface area contributed by atoms with E-state index in [1.807, 2.05) is 10.9 Å². The zero-order chi connectivity index (χ0) is 10.7.